The van der Waals surface area contributed by atoms with Gasteiger partial charge < -0.3 is 21.1 Å². The van der Waals surface area contributed by atoms with Gasteiger partial charge in [0.05, 0.1) is 26.9 Å². The first-order valence-corrected chi connectivity index (χ1v) is 11.0. The largest absolute Gasteiger partial charge is 0.480 e. The smallest absolute Gasteiger partial charge is 0.326 e. The molecular weight excluding hydrogens is 467 g/mol. The van der Waals surface area contributed by atoms with Gasteiger partial charge >= 0.3 is 12.0 Å². The molecule has 0 aliphatic heterocycles. The molecule has 1 heterocycles. The van der Waals surface area contributed by atoms with E-state index in [1.54, 1.807) is 48.5 Å². The SMILES string of the molecule is CCCC[C@H](NC(=O)c1nc2ccccc2cc1NC(=O)Nc1c(Cl)cccc1Cl)C(=O)O. The van der Waals surface area contributed by atoms with Crippen molar-refractivity contribution < 1.29 is 19.5 Å². The second-order valence-corrected chi connectivity index (χ2v) is 8.07. The van der Waals surface area contributed by atoms with E-state index in [9.17, 15) is 19.5 Å². The normalized spacial score (nSPS) is 11.6. The van der Waals surface area contributed by atoms with Gasteiger partial charge in [0, 0.05) is 5.39 Å². The van der Waals surface area contributed by atoms with Crippen LogP contribution in [0.15, 0.2) is 48.5 Å². The van der Waals surface area contributed by atoms with Gasteiger partial charge in [-0.1, -0.05) is 67.2 Å². The van der Waals surface area contributed by atoms with Gasteiger partial charge in [-0.3, -0.25) is 4.79 Å². The molecule has 0 aliphatic carbocycles. The fourth-order valence-corrected chi connectivity index (χ4v) is 3.65. The van der Waals surface area contributed by atoms with Crippen LogP contribution in [0.25, 0.3) is 10.9 Å². The van der Waals surface area contributed by atoms with Gasteiger partial charge in [0.25, 0.3) is 5.91 Å². The van der Waals surface area contributed by atoms with Gasteiger partial charge in [-0.15, -0.1) is 0 Å². The van der Waals surface area contributed by atoms with Crippen molar-refractivity contribution in [1.29, 1.82) is 0 Å². The van der Waals surface area contributed by atoms with Gasteiger partial charge in [0.15, 0.2) is 5.69 Å². The highest BCUT2D eigenvalue weighted by atomic mass is 35.5. The third kappa shape index (κ3) is 6.12. The minimum Gasteiger partial charge on any atom is -0.480 e. The molecule has 0 saturated heterocycles. The van der Waals surface area contributed by atoms with Crippen molar-refractivity contribution in [3.63, 3.8) is 0 Å². The van der Waals surface area contributed by atoms with Crippen molar-refractivity contribution in [2.45, 2.75) is 32.2 Å². The molecule has 0 aliphatic rings. The third-order valence-corrected chi connectivity index (χ3v) is 5.47. The molecule has 3 aromatic rings. The van der Waals surface area contributed by atoms with E-state index in [0.717, 1.165) is 6.42 Å². The number of aromatic nitrogens is 1. The van der Waals surface area contributed by atoms with E-state index >= 15 is 0 Å². The van der Waals surface area contributed by atoms with Crippen molar-refractivity contribution in [2.24, 2.45) is 0 Å². The van der Waals surface area contributed by atoms with E-state index in [4.69, 9.17) is 23.2 Å². The number of unbranched alkanes of at least 4 members (excludes halogenated alkanes) is 1. The summed E-state index contributed by atoms with van der Waals surface area (Å²) in [5, 5.41) is 18.3. The molecule has 0 unspecified atom stereocenters. The molecule has 0 fully saturated rings. The number of carboxylic acids is 1. The number of carboxylic acid groups (broad SMARTS) is 1. The number of benzene rings is 2. The number of pyridine rings is 1. The summed E-state index contributed by atoms with van der Waals surface area (Å²) >= 11 is 12.2. The van der Waals surface area contributed by atoms with Crippen LogP contribution in [0.3, 0.4) is 0 Å². The molecular formula is C23H22Cl2N4O4. The summed E-state index contributed by atoms with van der Waals surface area (Å²) < 4.78 is 0. The number of nitrogens with one attached hydrogen (secondary N) is 3. The van der Waals surface area contributed by atoms with E-state index in [1.807, 2.05) is 6.92 Å². The molecule has 0 radical (unpaired) electrons. The van der Waals surface area contributed by atoms with Gasteiger partial charge in [-0.25, -0.2) is 14.6 Å². The number of nitrogens with zero attached hydrogens (tertiary/aromatic N) is 1. The Bertz CT molecular complexity index is 1180. The Hall–Kier alpha value is -3.36. The number of aliphatic carboxylic acids is 1. The number of fused-ring (bicyclic) bond motifs is 1. The molecule has 2 aromatic carbocycles. The van der Waals surface area contributed by atoms with E-state index in [2.05, 4.69) is 20.9 Å². The number of halogens is 2. The lowest BCUT2D eigenvalue weighted by molar-refractivity contribution is -0.139. The number of rotatable bonds is 8. The number of hydrogen-bond acceptors (Lipinski definition) is 4. The Labute approximate surface area is 200 Å². The van der Waals surface area contributed by atoms with E-state index in [1.165, 1.54) is 0 Å². The van der Waals surface area contributed by atoms with Gasteiger partial charge in [-0.2, -0.15) is 0 Å². The van der Waals surface area contributed by atoms with Crippen molar-refractivity contribution in [1.82, 2.24) is 10.3 Å². The average Bonchev–Trinajstić information content (AvgIpc) is 2.78. The van der Waals surface area contributed by atoms with Crippen LogP contribution in [0.5, 0.6) is 0 Å². The molecule has 0 spiro atoms. The Kier molecular flexibility index (Phi) is 8.08. The molecule has 1 atom stereocenters. The van der Waals surface area contributed by atoms with Crippen LogP contribution in [0.2, 0.25) is 10.0 Å². The maximum atomic E-state index is 13.0. The van der Waals surface area contributed by atoms with Crippen LogP contribution >= 0.6 is 23.2 Å². The monoisotopic (exact) mass is 488 g/mol. The highest BCUT2D eigenvalue weighted by Gasteiger charge is 2.24. The van der Waals surface area contributed by atoms with E-state index in [0.29, 0.717) is 17.3 Å². The van der Waals surface area contributed by atoms with Crippen LogP contribution in [-0.2, 0) is 4.79 Å². The van der Waals surface area contributed by atoms with Crippen LogP contribution < -0.4 is 16.0 Å². The maximum absolute atomic E-state index is 13.0. The van der Waals surface area contributed by atoms with Gasteiger partial charge in [-0.05, 0) is 30.7 Å². The third-order valence-electron chi connectivity index (χ3n) is 4.84. The highest BCUT2D eigenvalue weighted by molar-refractivity contribution is 6.39. The number of carbonyl (C=O) groups excluding carboxylic acids is 2. The Morgan fingerprint density at radius 1 is 1.03 bits per heavy atom. The first kappa shape index (κ1) is 24.3. The lowest BCUT2D eigenvalue weighted by Crippen LogP contribution is -2.41. The molecule has 0 bridgehead atoms. The molecule has 1 aromatic heterocycles. The van der Waals surface area contributed by atoms with Crippen molar-refractivity contribution in [3.8, 4) is 0 Å². The summed E-state index contributed by atoms with van der Waals surface area (Å²) in [6, 6.07) is 11.6. The topological polar surface area (TPSA) is 120 Å². The zero-order chi connectivity index (χ0) is 24.0. The lowest BCUT2D eigenvalue weighted by atomic mass is 10.1. The standard InChI is InChI=1S/C23H22Cl2N4O4/c1-2-3-10-17(22(31)32)27-21(30)20-18(12-13-7-4-5-11-16(13)26-20)28-23(33)29-19-14(24)8-6-9-15(19)25/h4-9,11-12,17H,2-3,10H2,1H3,(H,27,30)(H,31,32)(H2,28,29,33)/t17-/m0/s1. The number of urea groups is 1. The summed E-state index contributed by atoms with van der Waals surface area (Å²) in [7, 11) is 0. The summed E-state index contributed by atoms with van der Waals surface area (Å²) in [5.41, 5.74) is 0.718. The molecule has 3 amide bonds. The Balaban J connectivity index is 1.91. The van der Waals surface area contributed by atoms with Crippen molar-refractivity contribution in [2.75, 3.05) is 10.6 Å². The summed E-state index contributed by atoms with van der Waals surface area (Å²) in [6.07, 6.45) is 1.69. The molecule has 33 heavy (non-hydrogen) atoms. The number of hydrogen-bond donors (Lipinski definition) is 4. The Morgan fingerprint density at radius 3 is 2.39 bits per heavy atom. The fraction of sp³-hybridized carbons (Fsp3) is 0.217. The first-order valence-electron chi connectivity index (χ1n) is 10.3. The summed E-state index contributed by atoms with van der Waals surface area (Å²) in [4.78, 5) is 41.6. The molecule has 10 heteroatoms. The van der Waals surface area contributed by atoms with Crippen molar-refractivity contribution >= 4 is 63.4 Å². The first-order chi connectivity index (χ1) is 15.8. The van der Waals surface area contributed by atoms with Crippen molar-refractivity contribution in [3.05, 3.63) is 64.3 Å². The number of amides is 3. The second kappa shape index (κ2) is 11.0. The quantitative estimate of drug-likeness (QED) is 0.330. The zero-order valence-corrected chi connectivity index (χ0v) is 19.2. The molecule has 8 nitrogen and oxygen atoms in total. The zero-order valence-electron chi connectivity index (χ0n) is 17.7. The minimum atomic E-state index is -1.14. The van der Waals surface area contributed by atoms with E-state index in [-0.39, 0.29) is 33.5 Å². The van der Waals surface area contributed by atoms with Gasteiger partial charge in [0.2, 0.25) is 0 Å². The number of anilines is 2. The lowest BCUT2D eigenvalue weighted by Gasteiger charge is -2.17. The highest BCUT2D eigenvalue weighted by Crippen LogP contribution is 2.30. The number of para-hydroxylation sites is 2. The molecule has 3 rings (SSSR count). The predicted octanol–water partition coefficient (Wildman–Crippen LogP) is 5.56. The summed E-state index contributed by atoms with van der Waals surface area (Å²) in [6.45, 7) is 1.93. The number of carbonyl (C=O) groups is 3. The van der Waals surface area contributed by atoms with Crippen LogP contribution in [0.4, 0.5) is 16.2 Å². The summed E-state index contributed by atoms with van der Waals surface area (Å²) in [5.74, 6) is -1.85. The van der Waals surface area contributed by atoms with Gasteiger partial charge in [0.1, 0.15) is 6.04 Å². The fourth-order valence-electron chi connectivity index (χ4n) is 3.16. The van der Waals surface area contributed by atoms with Crippen LogP contribution in [0.1, 0.15) is 36.7 Å². The second-order valence-electron chi connectivity index (χ2n) is 7.26. The molecule has 172 valence electrons. The maximum Gasteiger partial charge on any atom is 0.326 e. The van der Waals surface area contributed by atoms with Crippen LogP contribution in [0, 0.1) is 0 Å². The minimum absolute atomic E-state index is 0.103. The van der Waals surface area contributed by atoms with E-state index < -0.39 is 23.9 Å². The molecule has 4 N–H and O–H groups in total. The van der Waals surface area contributed by atoms with Crippen LogP contribution in [-0.4, -0.2) is 34.0 Å². The Morgan fingerprint density at radius 2 is 1.73 bits per heavy atom. The predicted molar refractivity (Wildman–Crippen MR) is 129 cm³/mol. The average molecular weight is 489 g/mol. The molecule has 0 saturated carbocycles.